The highest BCUT2D eigenvalue weighted by molar-refractivity contribution is 5.69. The van der Waals surface area contributed by atoms with Crippen LogP contribution in [0, 0.1) is 5.92 Å². The van der Waals surface area contributed by atoms with Gasteiger partial charge in [0.15, 0.2) is 0 Å². The van der Waals surface area contributed by atoms with E-state index in [4.69, 9.17) is 4.74 Å². The van der Waals surface area contributed by atoms with Crippen LogP contribution in [-0.2, 0) is 4.74 Å². The summed E-state index contributed by atoms with van der Waals surface area (Å²) in [6.45, 7) is 4.29. The fourth-order valence-corrected chi connectivity index (χ4v) is 4.39. The Hall–Kier alpha value is -1.65. The van der Waals surface area contributed by atoms with Crippen molar-refractivity contribution in [2.45, 2.75) is 24.9 Å². The van der Waals surface area contributed by atoms with Crippen LogP contribution < -0.4 is 0 Å². The second-order valence-electron chi connectivity index (χ2n) is 6.78. The molecule has 1 unspecified atom stereocenters. The van der Waals surface area contributed by atoms with E-state index in [1.165, 1.54) is 42.8 Å². The van der Waals surface area contributed by atoms with Gasteiger partial charge in [-0.15, -0.1) is 0 Å². The summed E-state index contributed by atoms with van der Waals surface area (Å²) >= 11 is 0. The highest BCUT2D eigenvalue weighted by Gasteiger charge is 2.37. The lowest BCUT2D eigenvalue weighted by molar-refractivity contribution is -0.0749. The molecule has 0 saturated carbocycles. The van der Waals surface area contributed by atoms with Gasteiger partial charge in [-0.2, -0.15) is 0 Å². The number of hydrogen-bond acceptors (Lipinski definition) is 3. The summed E-state index contributed by atoms with van der Waals surface area (Å²) in [6.07, 6.45) is 6.58. The summed E-state index contributed by atoms with van der Waals surface area (Å²) in [5.74, 6) is 0.717. The monoisotopic (exact) mass is 295 g/mol. The molecule has 22 heavy (non-hydrogen) atoms. The fourth-order valence-electron chi connectivity index (χ4n) is 4.39. The largest absolute Gasteiger partial charge is 0.378 e. The Morgan fingerprint density at radius 2 is 1.91 bits per heavy atom. The SMILES string of the molecule is c1ccc2c(c1)-c1cncn1C2C1CCN(C2COC2)CC1. The molecule has 0 spiro atoms. The second-order valence-corrected chi connectivity index (χ2v) is 6.78. The molecule has 1 atom stereocenters. The molecule has 4 heteroatoms. The summed E-state index contributed by atoms with van der Waals surface area (Å²) in [6, 6.07) is 10.0. The first-order valence-electron chi connectivity index (χ1n) is 8.35. The highest BCUT2D eigenvalue weighted by Crippen LogP contribution is 2.45. The van der Waals surface area contributed by atoms with Crippen molar-refractivity contribution in [2.24, 2.45) is 5.92 Å². The van der Waals surface area contributed by atoms with Gasteiger partial charge in [0.05, 0.1) is 43.5 Å². The Morgan fingerprint density at radius 1 is 1.09 bits per heavy atom. The molecule has 2 aromatic rings. The maximum Gasteiger partial charge on any atom is 0.0956 e. The Bertz CT molecular complexity index is 683. The number of rotatable bonds is 2. The van der Waals surface area contributed by atoms with Gasteiger partial charge in [-0.25, -0.2) is 4.98 Å². The topological polar surface area (TPSA) is 30.3 Å². The first-order valence-corrected chi connectivity index (χ1v) is 8.35. The van der Waals surface area contributed by atoms with Crippen molar-refractivity contribution in [3.63, 3.8) is 0 Å². The van der Waals surface area contributed by atoms with Crippen LogP contribution >= 0.6 is 0 Å². The number of imidazole rings is 1. The number of piperidine rings is 1. The lowest BCUT2D eigenvalue weighted by atomic mass is 9.85. The Kier molecular flexibility index (Phi) is 2.88. The molecule has 0 radical (unpaired) electrons. The van der Waals surface area contributed by atoms with Crippen molar-refractivity contribution in [2.75, 3.05) is 26.3 Å². The summed E-state index contributed by atoms with van der Waals surface area (Å²) in [5, 5.41) is 0. The smallest absolute Gasteiger partial charge is 0.0956 e. The number of hydrogen-bond donors (Lipinski definition) is 0. The summed E-state index contributed by atoms with van der Waals surface area (Å²) in [4.78, 5) is 7.01. The number of ether oxygens (including phenoxy) is 1. The van der Waals surface area contributed by atoms with Crippen LogP contribution in [0.3, 0.4) is 0 Å². The van der Waals surface area contributed by atoms with E-state index in [2.05, 4.69) is 38.7 Å². The first-order chi connectivity index (χ1) is 10.9. The zero-order valence-corrected chi connectivity index (χ0v) is 12.7. The van der Waals surface area contributed by atoms with Crippen LogP contribution in [0.5, 0.6) is 0 Å². The molecule has 0 bridgehead atoms. The summed E-state index contributed by atoms with van der Waals surface area (Å²) < 4.78 is 7.74. The number of aromatic nitrogens is 2. The molecule has 2 fully saturated rings. The van der Waals surface area contributed by atoms with Gasteiger partial charge in [0, 0.05) is 5.56 Å². The molecule has 3 aliphatic heterocycles. The van der Waals surface area contributed by atoms with Crippen LogP contribution in [0.15, 0.2) is 36.8 Å². The van der Waals surface area contributed by atoms with Gasteiger partial charge in [-0.1, -0.05) is 24.3 Å². The van der Waals surface area contributed by atoms with Crippen molar-refractivity contribution < 1.29 is 4.74 Å². The van der Waals surface area contributed by atoms with E-state index in [1.807, 2.05) is 12.5 Å². The molecule has 0 aliphatic carbocycles. The van der Waals surface area contributed by atoms with Crippen molar-refractivity contribution in [1.29, 1.82) is 0 Å². The van der Waals surface area contributed by atoms with Gasteiger partial charge in [0.2, 0.25) is 0 Å². The zero-order valence-electron chi connectivity index (χ0n) is 12.7. The van der Waals surface area contributed by atoms with E-state index in [0.717, 1.165) is 13.2 Å². The maximum atomic E-state index is 5.34. The van der Waals surface area contributed by atoms with Crippen LogP contribution in [0.4, 0.5) is 0 Å². The van der Waals surface area contributed by atoms with Crippen molar-refractivity contribution in [3.8, 4) is 11.3 Å². The van der Waals surface area contributed by atoms with Gasteiger partial charge in [-0.05, 0) is 37.4 Å². The lowest BCUT2D eigenvalue weighted by Gasteiger charge is -2.42. The quantitative estimate of drug-likeness (QED) is 0.853. The molecule has 1 aromatic carbocycles. The lowest BCUT2D eigenvalue weighted by Crippen LogP contribution is -2.52. The van der Waals surface area contributed by atoms with Gasteiger partial charge < -0.3 is 9.30 Å². The van der Waals surface area contributed by atoms with E-state index in [9.17, 15) is 0 Å². The molecule has 2 saturated heterocycles. The molecule has 114 valence electrons. The van der Waals surface area contributed by atoms with Crippen molar-refractivity contribution in [1.82, 2.24) is 14.5 Å². The fraction of sp³-hybridized carbons (Fsp3) is 0.500. The minimum absolute atomic E-state index is 0.480. The first kappa shape index (κ1) is 12.9. The second kappa shape index (κ2) is 4.93. The molecule has 4 nitrogen and oxygen atoms in total. The minimum atomic E-state index is 0.480. The molecule has 0 amide bonds. The average Bonchev–Trinajstić information content (AvgIpc) is 3.07. The number of nitrogens with zero attached hydrogens (tertiary/aromatic N) is 3. The average molecular weight is 295 g/mol. The molecule has 0 N–H and O–H groups in total. The van der Waals surface area contributed by atoms with E-state index in [1.54, 1.807) is 0 Å². The van der Waals surface area contributed by atoms with Crippen molar-refractivity contribution in [3.05, 3.63) is 42.4 Å². The number of likely N-dealkylation sites (tertiary alicyclic amines) is 1. The Labute approximate surface area is 130 Å². The van der Waals surface area contributed by atoms with Gasteiger partial charge in [0.1, 0.15) is 0 Å². The van der Waals surface area contributed by atoms with Crippen LogP contribution in [-0.4, -0.2) is 46.8 Å². The van der Waals surface area contributed by atoms with E-state index >= 15 is 0 Å². The standard InChI is InChI=1S/C18H21N3O/c1-2-4-16-15(3-1)17-9-19-12-21(17)18(16)13-5-7-20(8-6-13)14-10-22-11-14/h1-4,9,12-14,18H,5-8,10-11H2. The predicted molar refractivity (Wildman–Crippen MR) is 84.7 cm³/mol. The van der Waals surface area contributed by atoms with E-state index in [-0.39, 0.29) is 0 Å². The predicted octanol–water partition coefficient (Wildman–Crippen LogP) is 2.56. The van der Waals surface area contributed by atoms with Crippen LogP contribution in [0.2, 0.25) is 0 Å². The zero-order chi connectivity index (χ0) is 14.5. The molecule has 4 heterocycles. The Morgan fingerprint density at radius 3 is 2.68 bits per heavy atom. The van der Waals surface area contributed by atoms with Gasteiger partial charge in [0.25, 0.3) is 0 Å². The van der Waals surface area contributed by atoms with Crippen LogP contribution in [0.1, 0.15) is 24.4 Å². The summed E-state index contributed by atoms with van der Waals surface area (Å²) in [7, 11) is 0. The van der Waals surface area contributed by atoms with E-state index < -0.39 is 0 Å². The molecular formula is C18H21N3O. The van der Waals surface area contributed by atoms with Crippen LogP contribution in [0.25, 0.3) is 11.3 Å². The number of fused-ring (bicyclic) bond motifs is 3. The summed E-state index contributed by atoms with van der Waals surface area (Å²) in [5.41, 5.74) is 4.15. The maximum absolute atomic E-state index is 5.34. The normalized spacial score (nSPS) is 25.7. The van der Waals surface area contributed by atoms with Gasteiger partial charge in [-0.3, -0.25) is 4.90 Å². The van der Waals surface area contributed by atoms with Crippen molar-refractivity contribution >= 4 is 0 Å². The third-order valence-electron chi connectivity index (χ3n) is 5.68. The third-order valence-corrected chi connectivity index (χ3v) is 5.68. The molecule has 5 rings (SSSR count). The van der Waals surface area contributed by atoms with E-state index in [0.29, 0.717) is 18.0 Å². The van der Waals surface area contributed by atoms with Gasteiger partial charge >= 0.3 is 0 Å². The third kappa shape index (κ3) is 1.80. The highest BCUT2D eigenvalue weighted by atomic mass is 16.5. The Balaban J connectivity index is 1.42. The molecular weight excluding hydrogens is 274 g/mol. The minimum Gasteiger partial charge on any atom is -0.378 e. The molecule has 3 aliphatic rings. The number of benzene rings is 1. The molecule has 1 aromatic heterocycles.